The van der Waals surface area contributed by atoms with Crippen LogP contribution in [0.1, 0.15) is 6.42 Å². The van der Waals surface area contributed by atoms with Crippen molar-refractivity contribution in [2.24, 2.45) is 0 Å². The second-order valence-corrected chi connectivity index (χ2v) is 3.80. The highest BCUT2D eigenvalue weighted by Gasteiger charge is 2.15. The van der Waals surface area contributed by atoms with E-state index < -0.39 is 0 Å². The highest BCUT2D eigenvalue weighted by Crippen LogP contribution is 2.15. The highest BCUT2D eigenvalue weighted by atomic mass is 35.5. The Kier molecular flexibility index (Phi) is 3.05. The number of nitriles is 1. The topological polar surface area (TPSA) is 48.9 Å². The summed E-state index contributed by atoms with van der Waals surface area (Å²) in [7, 11) is 0. The van der Waals surface area contributed by atoms with Crippen molar-refractivity contribution >= 4 is 17.3 Å². The number of halogens is 1. The quantitative estimate of drug-likeness (QED) is 0.606. The van der Waals surface area contributed by atoms with Gasteiger partial charge in [-0.1, -0.05) is 0 Å². The summed E-state index contributed by atoms with van der Waals surface area (Å²) in [6, 6.07) is 3.91. The highest BCUT2D eigenvalue weighted by molar-refractivity contribution is 6.28. The van der Waals surface area contributed by atoms with Crippen LogP contribution in [0, 0.1) is 11.5 Å². The van der Waals surface area contributed by atoms with E-state index in [9.17, 15) is 0 Å². The van der Waals surface area contributed by atoms with E-state index in [4.69, 9.17) is 21.6 Å². The number of hydrogen-bond donors (Lipinski definition) is 1. The zero-order chi connectivity index (χ0) is 10.7. The molecule has 1 fully saturated rings. The lowest BCUT2D eigenvalue weighted by molar-refractivity contribution is -0.583. The Morgan fingerprint density at radius 3 is 3.13 bits per heavy atom. The molecule has 1 atom stereocenters. The van der Waals surface area contributed by atoms with E-state index in [0.717, 1.165) is 25.3 Å². The minimum Gasteiger partial charge on any atom is -0.380 e. The molecule has 1 saturated heterocycles. The molecule has 0 aliphatic carbocycles. The first-order chi connectivity index (χ1) is 7.29. The summed E-state index contributed by atoms with van der Waals surface area (Å²) in [4.78, 5) is 0. The number of nitrogens with zero attached hydrogens (tertiary/aromatic N) is 2. The number of aromatic nitrogens is 1. The molecule has 0 aromatic carbocycles. The minimum absolute atomic E-state index is 0.346. The first-order valence-corrected chi connectivity index (χ1v) is 5.13. The first kappa shape index (κ1) is 10.2. The van der Waals surface area contributed by atoms with Gasteiger partial charge in [0.15, 0.2) is 5.26 Å². The molecule has 0 bridgehead atoms. The maximum atomic E-state index is 8.68. The number of nitrogens with one attached hydrogen (secondary N) is 1. The fraction of sp³-hybridized carbons (Fsp3) is 0.400. The molecule has 0 spiro atoms. The maximum Gasteiger partial charge on any atom is 0.465 e. The van der Waals surface area contributed by atoms with E-state index in [1.165, 1.54) is 4.57 Å². The monoisotopic (exact) mass is 224 g/mol. The van der Waals surface area contributed by atoms with Gasteiger partial charge in [0, 0.05) is 24.4 Å². The van der Waals surface area contributed by atoms with Crippen LogP contribution in [0.5, 0.6) is 0 Å². The van der Waals surface area contributed by atoms with E-state index in [1.54, 1.807) is 12.3 Å². The summed E-state index contributed by atoms with van der Waals surface area (Å²) in [5.74, 6) is 0. The summed E-state index contributed by atoms with van der Waals surface area (Å²) in [5.41, 5.74) is 0.919. The van der Waals surface area contributed by atoms with Gasteiger partial charge >= 0.3 is 6.19 Å². The smallest absolute Gasteiger partial charge is 0.380 e. The molecule has 15 heavy (non-hydrogen) atoms. The molecule has 1 aromatic rings. The van der Waals surface area contributed by atoms with Crippen LogP contribution in [-0.4, -0.2) is 19.3 Å². The largest absolute Gasteiger partial charge is 0.465 e. The Bertz CT molecular complexity index is 396. The van der Waals surface area contributed by atoms with E-state index in [1.807, 2.05) is 12.3 Å². The van der Waals surface area contributed by atoms with Gasteiger partial charge in [-0.3, -0.25) is 0 Å². The SMILES string of the molecule is N#C[n+]1ccc(N[C@H]2CCOC2)cc1Cl. The third-order valence-electron chi connectivity index (χ3n) is 2.32. The van der Waals surface area contributed by atoms with Crippen LogP contribution in [-0.2, 0) is 4.74 Å². The first-order valence-electron chi connectivity index (χ1n) is 4.75. The Labute approximate surface area is 93.0 Å². The van der Waals surface area contributed by atoms with Gasteiger partial charge in [0.25, 0.3) is 0 Å². The average molecular weight is 225 g/mol. The molecule has 1 N–H and O–H groups in total. The molecule has 78 valence electrons. The van der Waals surface area contributed by atoms with Gasteiger partial charge in [-0.15, -0.1) is 4.57 Å². The van der Waals surface area contributed by atoms with Crippen LogP contribution in [0.15, 0.2) is 18.3 Å². The lowest BCUT2D eigenvalue weighted by Gasteiger charge is -2.11. The number of hydrogen-bond acceptors (Lipinski definition) is 3. The van der Waals surface area contributed by atoms with Crippen LogP contribution in [0.2, 0.25) is 5.15 Å². The van der Waals surface area contributed by atoms with Gasteiger partial charge in [-0.25, -0.2) is 0 Å². The van der Waals surface area contributed by atoms with Gasteiger partial charge in [-0.2, -0.15) is 0 Å². The molecule has 4 nitrogen and oxygen atoms in total. The summed E-state index contributed by atoms with van der Waals surface area (Å²) in [5, 5.41) is 12.4. The number of rotatable bonds is 2. The molecule has 5 heteroatoms. The van der Waals surface area contributed by atoms with E-state index in [0.29, 0.717) is 11.2 Å². The molecule has 0 radical (unpaired) electrons. The third-order valence-corrected chi connectivity index (χ3v) is 2.61. The molecule has 1 aliphatic rings. The van der Waals surface area contributed by atoms with Crippen molar-refractivity contribution in [1.82, 2.24) is 0 Å². The summed E-state index contributed by atoms with van der Waals surface area (Å²) >= 11 is 5.88. The normalized spacial score (nSPS) is 19.9. The second kappa shape index (κ2) is 4.47. The van der Waals surface area contributed by atoms with Gasteiger partial charge in [-0.05, 0) is 18.0 Å². The summed E-state index contributed by atoms with van der Waals surface area (Å²) < 4.78 is 6.55. The van der Waals surface area contributed by atoms with Crippen LogP contribution in [0.4, 0.5) is 5.69 Å². The summed E-state index contributed by atoms with van der Waals surface area (Å²) in [6.07, 6.45) is 4.59. The third kappa shape index (κ3) is 2.38. The predicted molar refractivity (Wildman–Crippen MR) is 55.5 cm³/mol. The summed E-state index contributed by atoms with van der Waals surface area (Å²) in [6.45, 7) is 1.53. The van der Waals surface area contributed by atoms with E-state index in [2.05, 4.69) is 5.32 Å². The lowest BCUT2D eigenvalue weighted by Crippen LogP contribution is -2.29. The lowest BCUT2D eigenvalue weighted by atomic mass is 10.2. The van der Waals surface area contributed by atoms with Gasteiger partial charge in [0.1, 0.15) is 6.20 Å². The number of anilines is 1. The van der Waals surface area contributed by atoms with Crippen LogP contribution < -0.4 is 9.88 Å². The molecule has 2 rings (SSSR count). The molecule has 0 saturated carbocycles. The van der Waals surface area contributed by atoms with Crippen molar-refractivity contribution in [1.29, 1.82) is 5.26 Å². The van der Waals surface area contributed by atoms with Crippen molar-refractivity contribution in [3.8, 4) is 6.19 Å². The van der Waals surface area contributed by atoms with Crippen molar-refractivity contribution in [2.45, 2.75) is 12.5 Å². The number of pyridine rings is 1. The molecular weight excluding hydrogens is 214 g/mol. The Morgan fingerprint density at radius 2 is 2.53 bits per heavy atom. The Morgan fingerprint density at radius 1 is 1.67 bits per heavy atom. The van der Waals surface area contributed by atoms with Gasteiger partial charge in [0.05, 0.1) is 12.6 Å². The van der Waals surface area contributed by atoms with Crippen LogP contribution in [0.3, 0.4) is 0 Å². The standard InChI is InChI=1S/C10H10ClN3O/c11-10-5-8(1-3-14(10)7-12)13-9-2-4-15-6-9/h1,3,5,9H,2,4,6H2/p+1/t9-/m0/s1. The molecule has 1 aromatic heterocycles. The Hall–Kier alpha value is -1.31. The molecular formula is C10H11ClN3O+. The molecule has 2 heterocycles. The van der Waals surface area contributed by atoms with Crippen molar-refractivity contribution < 1.29 is 9.30 Å². The number of ether oxygens (including phenoxy) is 1. The fourth-order valence-corrected chi connectivity index (χ4v) is 1.74. The minimum atomic E-state index is 0.346. The molecule has 1 aliphatic heterocycles. The Balaban J connectivity index is 2.09. The van der Waals surface area contributed by atoms with Crippen molar-refractivity contribution in [3.63, 3.8) is 0 Å². The maximum absolute atomic E-state index is 8.68. The van der Waals surface area contributed by atoms with Crippen LogP contribution in [0.25, 0.3) is 0 Å². The van der Waals surface area contributed by atoms with E-state index >= 15 is 0 Å². The fourth-order valence-electron chi connectivity index (χ4n) is 1.53. The zero-order valence-electron chi connectivity index (χ0n) is 8.11. The predicted octanol–water partition coefficient (Wildman–Crippen LogP) is 1.16. The van der Waals surface area contributed by atoms with Crippen molar-refractivity contribution in [2.75, 3.05) is 18.5 Å². The average Bonchev–Trinajstić information content (AvgIpc) is 2.71. The second-order valence-electron chi connectivity index (χ2n) is 3.41. The van der Waals surface area contributed by atoms with E-state index in [-0.39, 0.29) is 0 Å². The molecule has 0 amide bonds. The van der Waals surface area contributed by atoms with Gasteiger partial charge < -0.3 is 10.1 Å². The molecule has 0 unspecified atom stereocenters. The van der Waals surface area contributed by atoms with Gasteiger partial charge in [0.2, 0.25) is 5.15 Å². The zero-order valence-corrected chi connectivity index (χ0v) is 8.87. The van der Waals surface area contributed by atoms with Crippen molar-refractivity contribution in [3.05, 3.63) is 23.5 Å². The van der Waals surface area contributed by atoms with Crippen LogP contribution >= 0.6 is 11.6 Å².